The van der Waals surface area contributed by atoms with E-state index in [1.54, 1.807) is 6.20 Å². The van der Waals surface area contributed by atoms with Crippen molar-refractivity contribution in [3.63, 3.8) is 0 Å². The molecule has 0 saturated heterocycles. The standard InChI is InChI=1S/C16H16N2OS/c1-20-15-14(7-4-9-17-15)16(19)18-10-8-12-5-2-3-6-13(12)11-18/h2-7,9H,8,10-11H2,1H3. The van der Waals surface area contributed by atoms with Crippen molar-refractivity contribution in [3.8, 4) is 0 Å². The summed E-state index contributed by atoms with van der Waals surface area (Å²) in [7, 11) is 0. The fraction of sp³-hybridized carbons (Fsp3) is 0.250. The van der Waals surface area contributed by atoms with Crippen LogP contribution in [-0.2, 0) is 13.0 Å². The van der Waals surface area contributed by atoms with Gasteiger partial charge in [-0.2, -0.15) is 0 Å². The molecule has 0 fully saturated rings. The minimum atomic E-state index is 0.0805. The first-order valence-corrected chi connectivity index (χ1v) is 7.87. The van der Waals surface area contributed by atoms with Crippen LogP contribution in [0.2, 0.25) is 0 Å². The summed E-state index contributed by atoms with van der Waals surface area (Å²) in [6.45, 7) is 1.47. The van der Waals surface area contributed by atoms with Gasteiger partial charge in [-0.15, -0.1) is 11.8 Å². The van der Waals surface area contributed by atoms with Crippen molar-refractivity contribution in [1.82, 2.24) is 9.88 Å². The van der Waals surface area contributed by atoms with Crippen LogP contribution in [-0.4, -0.2) is 28.6 Å². The number of rotatable bonds is 2. The summed E-state index contributed by atoms with van der Waals surface area (Å²) < 4.78 is 0. The Labute approximate surface area is 123 Å². The first kappa shape index (κ1) is 13.2. The number of thioether (sulfide) groups is 1. The van der Waals surface area contributed by atoms with Crippen LogP contribution >= 0.6 is 11.8 Å². The molecule has 0 bridgehead atoms. The number of benzene rings is 1. The number of carbonyl (C=O) groups excluding carboxylic acids is 1. The number of aromatic nitrogens is 1. The predicted molar refractivity (Wildman–Crippen MR) is 80.9 cm³/mol. The number of hydrogen-bond donors (Lipinski definition) is 0. The van der Waals surface area contributed by atoms with Gasteiger partial charge < -0.3 is 4.90 Å². The van der Waals surface area contributed by atoms with Crippen molar-refractivity contribution in [2.45, 2.75) is 18.0 Å². The summed E-state index contributed by atoms with van der Waals surface area (Å²) in [5, 5.41) is 0.802. The lowest BCUT2D eigenvalue weighted by Crippen LogP contribution is -2.36. The molecule has 0 unspecified atom stereocenters. The van der Waals surface area contributed by atoms with Crippen LogP contribution in [0.5, 0.6) is 0 Å². The van der Waals surface area contributed by atoms with Crippen LogP contribution in [0, 0.1) is 0 Å². The molecule has 0 aliphatic carbocycles. The molecule has 102 valence electrons. The Kier molecular flexibility index (Phi) is 3.74. The maximum atomic E-state index is 12.7. The summed E-state index contributed by atoms with van der Waals surface area (Å²) in [5.74, 6) is 0.0805. The monoisotopic (exact) mass is 284 g/mol. The van der Waals surface area contributed by atoms with Crippen LogP contribution in [0.4, 0.5) is 0 Å². The third kappa shape index (κ3) is 2.43. The molecule has 4 heteroatoms. The molecule has 0 radical (unpaired) electrons. The zero-order valence-electron chi connectivity index (χ0n) is 11.4. The van der Waals surface area contributed by atoms with Crippen LogP contribution < -0.4 is 0 Å². The van der Waals surface area contributed by atoms with Crippen molar-refractivity contribution < 1.29 is 4.79 Å². The zero-order chi connectivity index (χ0) is 13.9. The van der Waals surface area contributed by atoms with Crippen LogP contribution in [0.15, 0.2) is 47.6 Å². The molecular weight excluding hydrogens is 268 g/mol. The highest BCUT2D eigenvalue weighted by Gasteiger charge is 2.23. The van der Waals surface area contributed by atoms with E-state index in [0.717, 1.165) is 18.0 Å². The Morgan fingerprint density at radius 1 is 1.20 bits per heavy atom. The minimum absolute atomic E-state index is 0.0805. The topological polar surface area (TPSA) is 33.2 Å². The zero-order valence-corrected chi connectivity index (χ0v) is 12.2. The fourth-order valence-corrected chi connectivity index (χ4v) is 3.10. The van der Waals surface area contributed by atoms with Gasteiger partial charge in [-0.3, -0.25) is 4.79 Å². The van der Waals surface area contributed by atoms with E-state index < -0.39 is 0 Å². The first-order chi connectivity index (χ1) is 9.79. The van der Waals surface area contributed by atoms with Gasteiger partial charge in [0.2, 0.25) is 0 Å². The van der Waals surface area contributed by atoms with Crippen molar-refractivity contribution in [1.29, 1.82) is 0 Å². The van der Waals surface area contributed by atoms with Crippen molar-refractivity contribution in [3.05, 3.63) is 59.3 Å². The molecule has 1 aliphatic heterocycles. The third-order valence-corrected chi connectivity index (χ3v) is 4.32. The summed E-state index contributed by atoms with van der Waals surface area (Å²) in [4.78, 5) is 18.9. The number of amides is 1. The molecule has 0 N–H and O–H groups in total. The van der Waals surface area contributed by atoms with E-state index in [1.165, 1.54) is 22.9 Å². The molecule has 20 heavy (non-hydrogen) atoms. The summed E-state index contributed by atoms with van der Waals surface area (Å²) in [6.07, 6.45) is 4.61. The van der Waals surface area contributed by atoms with Gasteiger partial charge >= 0.3 is 0 Å². The molecule has 1 aliphatic rings. The lowest BCUT2D eigenvalue weighted by molar-refractivity contribution is 0.0730. The minimum Gasteiger partial charge on any atom is -0.334 e. The van der Waals surface area contributed by atoms with Gasteiger partial charge in [0.05, 0.1) is 5.56 Å². The van der Waals surface area contributed by atoms with E-state index in [9.17, 15) is 4.79 Å². The smallest absolute Gasteiger partial charge is 0.256 e. The van der Waals surface area contributed by atoms with Gasteiger partial charge in [-0.25, -0.2) is 4.98 Å². The molecule has 0 spiro atoms. The molecule has 1 aromatic carbocycles. The third-order valence-electron chi connectivity index (χ3n) is 3.61. The van der Waals surface area contributed by atoms with E-state index in [1.807, 2.05) is 29.4 Å². The van der Waals surface area contributed by atoms with Gasteiger partial charge in [0, 0.05) is 19.3 Å². The van der Waals surface area contributed by atoms with Gasteiger partial charge in [0.15, 0.2) is 0 Å². The predicted octanol–water partition coefficient (Wildman–Crippen LogP) is 3.00. The van der Waals surface area contributed by atoms with Crippen LogP contribution in [0.25, 0.3) is 0 Å². The van der Waals surface area contributed by atoms with Gasteiger partial charge in [-0.1, -0.05) is 24.3 Å². The largest absolute Gasteiger partial charge is 0.334 e. The second kappa shape index (κ2) is 5.67. The normalized spacial score (nSPS) is 13.9. The summed E-state index contributed by atoms with van der Waals surface area (Å²) in [5.41, 5.74) is 3.31. The highest BCUT2D eigenvalue weighted by molar-refractivity contribution is 7.98. The molecule has 3 rings (SSSR count). The lowest BCUT2D eigenvalue weighted by Gasteiger charge is -2.29. The molecule has 1 aromatic heterocycles. The molecule has 1 amide bonds. The first-order valence-electron chi connectivity index (χ1n) is 6.64. The number of pyridine rings is 1. The van der Waals surface area contributed by atoms with Crippen molar-refractivity contribution in [2.24, 2.45) is 0 Å². The molecule has 2 aromatic rings. The summed E-state index contributed by atoms with van der Waals surface area (Å²) in [6, 6.07) is 12.0. The van der Waals surface area contributed by atoms with E-state index in [4.69, 9.17) is 0 Å². The number of fused-ring (bicyclic) bond motifs is 1. The maximum absolute atomic E-state index is 12.7. The van der Waals surface area contributed by atoms with E-state index in [0.29, 0.717) is 12.1 Å². The van der Waals surface area contributed by atoms with E-state index in [-0.39, 0.29) is 5.91 Å². The van der Waals surface area contributed by atoms with Crippen molar-refractivity contribution in [2.75, 3.05) is 12.8 Å². The number of nitrogens with zero attached hydrogens (tertiary/aromatic N) is 2. The number of hydrogen-bond acceptors (Lipinski definition) is 3. The Morgan fingerprint density at radius 2 is 2.00 bits per heavy atom. The number of carbonyl (C=O) groups is 1. The average molecular weight is 284 g/mol. The average Bonchev–Trinajstić information content (AvgIpc) is 2.53. The lowest BCUT2D eigenvalue weighted by atomic mass is 9.99. The van der Waals surface area contributed by atoms with Crippen LogP contribution in [0.1, 0.15) is 21.5 Å². The SMILES string of the molecule is CSc1ncccc1C(=O)N1CCc2ccccc2C1. The van der Waals surface area contributed by atoms with E-state index >= 15 is 0 Å². The maximum Gasteiger partial charge on any atom is 0.256 e. The molecule has 0 atom stereocenters. The Morgan fingerprint density at radius 3 is 2.80 bits per heavy atom. The van der Waals surface area contributed by atoms with Gasteiger partial charge in [0.25, 0.3) is 5.91 Å². The Balaban J connectivity index is 1.86. The Hall–Kier alpha value is -1.81. The van der Waals surface area contributed by atoms with Crippen molar-refractivity contribution >= 4 is 17.7 Å². The molecule has 2 heterocycles. The second-order valence-corrected chi connectivity index (χ2v) is 5.60. The van der Waals surface area contributed by atoms with Gasteiger partial charge in [-0.05, 0) is 35.9 Å². The van der Waals surface area contributed by atoms with Gasteiger partial charge in [0.1, 0.15) is 5.03 Å². The van der Waals surface area contributed by atoms with E-state index in [2.05, 4.69) is 23.2 Å². The second-order valence-electron chi connectivity index (χ2n) is 4.81. The summed E-state index contributed by atoms with van der Waals surface area (Å²) >= 11 is 1.51. The fourth-order valence-electron chi connectivity index (χ4n) is 2.56. The highest BCUT2D eigenvalue weighted by atomic mass is 32.2. The van der Waals surface area contributed by atoms with Crippen LogP contribution in [0.3, 0.4) is 0 Å². The highest BCUT2D eigenvalue weighted by Crippen LogP contribution is 2.23. The molecular formula is C16H16N2OS. The molecule has 0 saturated carbocycles. The quantitative estimate of drug-likeness (QED) is 0.795. The Bertz CT molecular complexity index is 642. The molecule has 3 nitrogen and oxygen atoms in total.